The molecule has 4 rings (SSSR count). The van der Waals surface area contributed by atoms with Gasteiger partial charge in [0.25, 0.3) is 0 Å². The molecule has 0 unspecified atom stereocenters. The molecule has 3 heterocycles. The Hall–Kier alpha value is -1.46. The standard InChI is InChI=1S/C18H25N3O2/c1-13-3-2-4-15(19-13)10-20-7-8-23-17-12-21(11-16(17)20)18(22)9-14-5-6-14/h2-4,14,16-17H,5-12H2,1H3/t16-,17+/m1/s1. The fraction of sp³-hybridized carbons (Fsp3) is 0.667. The number of likely N-dealkylation sites (tertiary alicyclic amines) is 1. The summed E-state index contributed by atoms with van der Waals surface area (Å²) in [5, 5.41) is 0. The van der Waals surface area contributed by atoms with Crippen molar-refractivity contribution in [2.24, 2.45) is 5.92 Å². The van der Waals surface area contributed by atoms with Crippen molar-refractivity contribution in [1.82, 2.24) is 14.8 Å². The molecule has 3 fully saturated rings. The molecule has 2 saturated heterocycles. The average Bonchev–Trinajstić information content (AvgIpc) is 3.22. The van der Waals surface area contributed by atoms with Crippen LogP contribution in [0.3, 0.4) is 0 Å². The lowest BCUT2D eigenvalue weighted by Crippen LogP contribution is -2.50. The maximum Gasteiger partial charge on any atom is 0.222 e. The molecule has 0 bridgehead atoms. The van der Waals surface area contributed by atoms with Gasteiger partial charge in [-0.15, -0.1) is 0 Å². The van der Waals surface area contributed by atoms with Gasteiger partial charge in [0.1, 0.15) is 0 Å². The van der Waals surface area contributed by atoms with E-state index in [0.717, 1.165) is 50.6 Å². The van der Waals surface area contributed by atoms with Crippen LogP contribution in [-0.2, 0) is 16.1 Å². The van der Waals surface area contributed by atoms with E-state index >= 15 is 0 Å². The lowest BCUT2D eigenvalue weighted by Gasteiger charge is -2.36. The van der Waals surface area contributed by atoms with E-state index in [2.05, 4.69) is 22.0 Å². The summed E-state index contributed by atoms with van der Waals surface area (Å²) in [6.45, 7) is 6.10. The van der Waals surface area contributed by atoms with E-state index in [9.17, 15) is 4.79 Å². The predicted octanol–water partition coefficient (Wildman–Crippen LogP) is 1.60. The fourth-order valence-electron chi connectivity index (χ4n) is 3.75. The molecule has 5 nitrogen and oxygen atoms in total. The summed E-state index contributed by atoms with van der Waals surface area (Å²) in [7, 11) is 0. The minimum absolute atomic E-state index is 0.164. The lowest BCUT2D eigenvalue weighted by atomic mass is 10.1. The maximum atomic E-state index is 12.4. The van der Waals surface area contributed by atoms with Gasteiger partial charge in [-0.3, -0.25) is 14.7 Å². The third kappa shape index (κ3) is 3.40. The van der Waals surface area contributed by atoms with Crippen LogP contribution < -0.4 is 0 Å². The van der Waals surface area contributed by atoms with Gasteiger partial charge < -0.3 is 9.64 Å². The molecule has 2 aliphatic heterocycles. The van der Waals surface area contributed by atoms with Gasteiger partial charge in [0.2, 0.25) is 5.91 Å². The van der Waals surface area contributed by atoms with Crippen molar-refractivity contribution in [2.45, 2.75) is 44.9 Å². The first kappa shape index (κ1) is 15.1. The number of amides is 1. The van der Waals surface area contributed by atoms with Gasteiger partial charge in [-0.05, 0) is 37.8 Å². The monoisotopic (exact) mass is 315 g/mol. The minimum Gasteiger partial charge on any atom is -0.373 e. The second kappa shape index (κ2) is 6.21. The highest BCUT2D eigenvalue weighted by Gasteiger charge is 2.42. The largest absolute Gasteiger partial charge is 0.373 e. The zero-order valence-corrected chi connectivity index (χ0v) is 13.8. The Morgan fingerprint density at radius 3 is 3.00 bits per heavy atom. The zero-order chi connectivity index (χ0) is 15.8. The molecule has 1 amide bonds. The van der Waals surface area contributed by atoms with Gasteiger partial charge in [0.15, 0.2) is 0 Å². The number of carbonyl (C=O) groups is 1. The minimum atomic E-state index is 0.164. The smallest absolute Gasteiger partial charge is 0.222 e. The molecule has 0 radical (unpaired) electrons. The number of ether oxygens (including phenoxy) is 1. The van der Waals surface area contributed by atoms with Crippen LogP contribution >= 0.6 is 0 Å². The van der Waals surface area contributed by atoms with Crippen LogP contribution in [0.1, 0.15) is 30.7 Å². The maximum absolute atomic E-state index is 12.4. The van der Waals surface area contributed by atoms with Crippen LogP contribution in [0.25, 0.3) is 0 Å². The average molecular weight is 315 g/mol. The number of morpholine rings is 1. The van der Waals surface area contributed by atoms with Gasteiger partial charge in [0, 0.05) is 38.3 Å². The second-order valence-corrected chi connectivity index (χ2v) is 7.16. The van der Waals surface area contributed by atoms with Crippen molar-refractivity contribution >= 4 is 5.91 Å². The molecule has 1 aromatic rings. The topological polar surface area (TPSA) is 45.7 Å². The quantitative estimate of drug-likeness (QED) is 0.847. The van der Waals surface area contributed by atoms with Crippen molar-refractivity contribution in [3.05, 3.63) is 29.6 Å². The number of rotatable bonds is 4. The number of hydrogen-bond donors (Lipinski definition) is 0. The molecule has 0 N–H and O–H groups in total. The summed E-state index contributed by atoms with van der Waals surface area (Å²) in [6.07, 6.45) is 3.36. The number of aromatic nitrogens is 1. The van der Waals surface area contributed by atoms with E-state index in [1.807, 2.05) is 17.9 Å². The molecule has 2 atom stereocenters. The van der Waals surface area contributed by atoms with Crippen molar-refractivity contribution < 1.29 is 9.53 Å². The number of fused-ring (bicyclic) bond motifs is 1. The first-order valence-electron chi connectivity index (χ1n) is 8.75. The van der Waals surface area contributed by atoms with Gasteiger partial charge in [-0.1, -0.05) is 6.07 Å². The summed E-state index contributed by atoms with van der Waals surface area (Å²) < 4.78 is 5.94. The molecule has 3 aliphatic rings. The Bertz CT molecular complexity index is 587. The lowest BCUT2D eigenvalue weighted by molar-refractivity contribution is -0.131. The van der Waals surface area contributed by atoms with E-state index < -0.39 is 0 Å². The number of aryl methyl sites for hydroxylation is 1. The summed E-state index contributed by atoms with van der Waals surface area (Å²) >= 11 is 0. The molecule has 1 saturated carbocycles. The van der Waals surface area contributed by atoms with Crippen LogP contribution in [0.2, 0.25) is 0 Å². The van der Waals surface area contributed by atoms with Gasteiger partial charge in [-0.2, -0.15) is 0 Å². The first-order valence-corrected chi connectivity index (χ1v) is 8.75. The third-order valence-electron chi connectivity index (χ3n) is 5.24. The number of carbonyl (C=O) groups excluding carboxylic acids is 1. The Labute approximate surface area is 137 Å². The molecule has 124 valence electrons. The highest BCUT2D eigenvalue weighted by Crippen LogP contribution is 2.34. The first-order chi connectivity index (χ1) is 11.2. The Morgan fingerprint density at radius 2 is 2.22 bits per heavy atom. The molecule has 0 aromatic carbocycles. The van der Waals surface area contributed by atoms with E-state index in [1.54, 1.807) is 0 Å². The van der Waals surface area contributed by atoms with Crippen LogP contribution in [0.4, 0.5) is 0 Å². The molecular weight excluding hydrogens is 290 g/mol. The van der Waals surface area contributed by atoms with Gasteiger partial charge in [-0.25, -0.2) is 0 Å². The Balaban J connectivity index is 1.41. The van der Waals surface area contributed by atoms with Crippen molar-refractivity contribution in [2.75, 3.05) is 26.2 Å². The molecule has 5 heteroatoms. The van der Waals surface area contributed by atoms with Gasteiger partial charge >= 0.3 is 0 Å². The van der Waals surface area contributed by atoms with Crippen molar-refractivity contribution in [1.29, 1.82) is 0 Å². The molecular formula is C18H25N3O2. The van der Waals surface area contributed by atoms with Crippen molar-refractivity contribution in [3.8, 4) is 0 Å². The SMILES string of the molecule is Cc1cccc(CN2CCO[C@H]3CN(C(=O)CC4CC4)C[C@H]32)n1. The molecule has 0 spiro atoms. The number of pyridine rings is 1. The van der Waals surface area contributed by atoms with Crippen LogP contribution in [0.5, 0.6) is 0 Å². The summed E-state index contributed by atoms with van der Waals surface area (Å²) in [5.41, 5.74) is 2.16. The van der Waals surface area contributed by atoms with Crippen molar-refractivity contribution in [3.63, 3.8) is 0 Å². The van der Waals surface area contributed by atoms with E-state index in [0.29, 0.717) is 17.9 Å². The van der Waals surface area contributed by atoms with E-state index in [1.165, 1.54) is 12.8 Å². The molecule has 1 aliphatic carbocycles. The normalized spacial score (nSPS) is 28.0. The van der Waals surface area contributed by atoms with Gasteiger partial charge in [0.05, 0.1) is 24.4 Å². The highest BCUT2D eigenvalue weighted by atomic mass is 16.5. The summed E-state index contributed by atoms with van der Waals surface area (Å²) in [4.78, 5) is 21.5. The van der Waals surface area contributed by atoms with Crippen LogP contribution in [0, 0.1) is 12.8 Å². The Kier molecular flexibility index (Phi) is 4.07. The Morgan fingerprint density at radius 1 is 1.35 bits per heavy atom. The van der Waals surface area contributed by atoms with E-state index in [4.69, 9.17) is 4.74 Å². The van der Waals surface area contributed by atoms with E-state index in [-0.39, 0.29) is 6.10 Å². The fourth-order valence-corrected chi connectivity index (χ4v) is 3.75. The number of hydrogen-bond acceptors (Lipinski definition) is 4. The van der Waals surface area contributed by atoms with Crippen LogP contribution in [0.15, 0.2) is 18.2 Å². The van der Waals surface area contributed by atoms with Crippen LogP contribution in [-0.4, -0.2) is 59.1 Å². The number of nitrogens with zero attached hydrogens (tertiary/aromatic N) is 3. The molecule has 23 heavy (non-hydrogen) atoms. The highest BCUT2D eigenvalue weighted by molar-refractivity contribution is 5.77. The second-order valence-electron chi connectivity index (χ2n) is 7.16. The molecule has 1 aromatic heterocycles. The predicted molar refractivity (Wildman–Crippen MR) is 86.8 cm³/mol. The summed E-state index contributed by atoms with van der Waals surface area (Å²) in [5.74, 6) is 0.970. The zero-order valence-electron chi connectivity index (χ0n) is 13.8. The third-order valence-corrected chi connectivity index (χ3v) is 5.24. The summed E-state index contributed by atoms with van der Waals surface area (Å²) in [6, 6.07) is 6.49.